The molecule has 2 N–H and O–H groups in total. The molecule has 4 aromatic carbocycles. The summed E-state index contributed by atoms with van der Waals surface area (Å²) in [4.78, 5) is 54.0. The average molecular weight is 953 g/mol. The number of thiocarbonyl (C=S) groups is 1. The molecule has 9 atom stereocenters. The van der Waals surface area contributed by atoms with Crippen molar-refractivity contribution in [2.45, 2.75) is 102 Å². The fourth-order valence-electron chi connectivity index (χ4n) is 8.04. The van der Waals surface area contributed by atoms with Gasteiger partial charge in [0.05, 0.1) is 23.8 Å². The van der Waals surface area contributed by atoms with Crippen molar-refractivity contribution in [1.29, 1.82) is 0 Å². The molecule has 3 heterocycles. The molecule has 0 spiro atoms. The third-order valence-electron chi connectivity index (χ3n) is 11.1. The first-order valence-corrected chi connectivity index (χ1v) is 23.1. The summed E-state index contributed by atoms with van der Waals surface area (Å²) in [6.07, 6.45) is -7.66. The Morgan fingerprint density at radius 2 is 1.33 bits per heavy atom. The maximum atomic E-state index is 12.4. The maximum absolute atomic E-state index is 12.4. The molecule has 5 aromatic rings. The summed E-state index contributed by atoms with van der Waals surface area (Å²) < 4.78 is 48.2. The zero-order valence-electron chi connectivity index (χ0n) is 37.5. The predicted molar refractivity (Wildman–Crippen MR) is 250 cm³/mol. The van der Waals surface area contributed by atoms with Gasteiger partial charge < -0.3 is 48.0 Å². The van der Waals surface area contributed by atoms with Crippen LogP contribution in [0.3, 0.4) is 0 Å². The number of aliphatic hydroxyl groups is 1. The lowest BCUT2D eigenvalue weighted by Gasteiger charge is -2.44. The van der Waals surface area contributed by atoms with Crippen molar-refractivity contribution in [2.75, 3.05) is 17.7 Å². The molecule has 15 nitrogen and oxygen atoms in total. The first kappa shape index (κ1) is 49.0. The lowest BCUT2D eigenvalue weighted by atomic mass is 9.91. The van der Waals surface area contributed by atoms with Crippen LogP contribution < -0.4 is 5.32 Å². The van der Waals surface area contributed by atoms with E-state index >= 15 is 0 Å². The molecular formula is C50H52N2O13S2. The van der Waals surface area contributed by atoms with Crippen molar-refractivity contribution in [3.05, 3.63) is 126 Å². The van der Waals surface area contributed by atoms with E-state index < -0.39 is 66.8 Å². The molecule has 0 radical (unpaired) electrons. The predicted octanol–water partition coefficient (Wildman–Crippen LogP) is 8.34. The van der Waals surface area contributed by atoms with Gasteiger partial charge in [-0.05, 0) is 23.3 Å². The standard InChI is InChI=1S/C50H52N2O13S2/c1-28-41(27-67-50-52-43(34-13-8-6-9-14-34)45(65-50)35-15-10-7-11-16-35)63-49(64-44(28)36-21-19-33(25-53)20-22-36)37-17-12-18-38(23-37)51-42(66)24-39-46(59-30(3)55)48(61-32(5)57)47(60-31(4)56)40(62-39)26-58-29(2)54/h6-23,28,39-41,44,46-49,53H,24-27H2,1-5H3,(H,51,66). The molecule has 67 heavy (non-hydrogen) atoms. The zero-order valence-corrected chi connectivity index (χ0v) is 39.2. The Hall–Kier alpha value is -5.95. The van der Waals surface area contributed by atoms with Crippen LogP contribution in [0.5, 0.6) is 0 Å². The van der Waals surface area contributed by atoms with Crippen molar-refractivity contribution in [3.63, 3.8) is 0 Å². The Kier molecular flexibility index (Phi) is 16.6. The first-order chi connectivity index (χ1) is 32.3. The number of carbonyl (C=O) groups is 4. The van der Waals surface area contributed by atoms with E-state index in [9.17, 15) is 24.3 Å². The quantitative estimate of drug-likeness (QED) is 0.0415. The van der Waals surface area contributed by atoms with Gasteiger partial charge in [-0.2, -0.15) is 0 Å². The molecule has 7 rings (SSSR count). The number of carbonyl (C=O) groups excluding carboxylic acids is 4. The van der Waals surface area contributed by atoms with E-state index in [4.69, 9.17) is 54.8 Å². The van der Waals surface area contributed by atoms with Crippen molar-refractivity contribution < 1.29 is 61.9 Å². The fourth-order valence-corrected chi connectivity index (χ4v) is 9.31. The van der Waals surface area contributed by atoms with Gasteiger partial charge >= 0.3 is 23.9 Å². The van der Waals surface area contributed by atoms with Gasteiger partial charge in [0, 0.05) is 68.2 Å². The molecule has 0 aliphatic carbocycles. The average Bonchev–Trinajstić information content (AvgIpc) is 3.74. The molecule has 0 saturated carbocycles. The lowest BCUT2D eigenvalue weighted by Crippen LogP contribution is -2.62. The molecule has 9 unspecified atom stereocenters. The van der Waals surface area contributed by atoms with Gasteiger partial charge in [0.25, 0.3) is 5.22 Å². The monoisotopic (exact) mass is 952 g/mol. The highest BCUT2D eigenvalue weighted by Gasteiger charge is 2.52. The van der Waals surface area contributed by atoms with Crippen LogP contribution in [-0.2, 0) is 58.9 Å². The molecule has 352 valence electrons. The second kappa shape index (κ2) is 22.7. The van der Waals surface area contributed by atoms with Gasteiger partial charge in [0.2, 0.25) is 0 Å². The zero-order chi connectivity index (χ0) is 47.6. The lowest BCUT2D eigenvalue weighted by molar-refractivity contribution is -0.268. The Bertz CT molecular complexity index is 2450. The summed E-state index contributed by atoms with van der Waals surface area (Å²) in [5.41, 5.74) is 5.55. The number of rotatable bonds is 16. The van der Waals surface area contributed by atoms with Crippen LogP contribution in [0.2, 0.25) is 0 Å². The molecule has 2 fully saturated rings. The third kappa shape index (κ3) is 12.7. The highest BCUT2D eigenvalue weighted by Crippen LogP contribution is 2.44. The highest BCUT2D eigenvalue weighted by molar-refractivity contribution is 7.99. The van der Waals surface area contributed by atoms with Gasteiger partial charge in [-0.15, -0.1) is 0 Å². The number of hydrogen-bond acceptors (Lipinski definition) is 16. The molecule has 2 aliphatic heterocycles. The van der Waals surface area contributed by atoms with Gasteiger partial charge in [-0.3, -0.25) is 19.2 Å². The largest absolute Gasteiger partial charge is 0.463 e. The summed E-state index contributed by atoms with van der Waals surface area (Å²) >= 11 is 7.29. The van der Waals surface area contributed by atoms with Crippen molar-refractivity contribution in [2.24, 2.45) is 5.92 Å². The number of thioether (sulfide) groups is 1. The van der Waals surface area contributed by atoms with Gasteiger partial charge in [0.1, 0.15) is 24.5 Å². The number of benzene rings is 4. The van der Waals surface area contributed by atoms with Gasteiger partial charge in [-0.25, -0.2) is 4.98 Å². The third-order valence-corrected chi connectivity index (χ3v) is 12.3. The Morgan fingerprint density at radius 1 is 0.701 bits per heavy atom. The molecule has 17 heteroatoms. The van der Waals surface area contributed by atoms with Crippen LogP contribution in [-0.4, -0.2) is 87.9 Å². The van der Waals surface area contributed by atoms with Crippen LogP contribution in [0, 0.1) is 5.92 Å². The SMILES string of the molecule is CC(=O)OCC1OC(CC(=S)Nc2cccc(C3OC(CSc4nc(-c5ccccc5)c(-c5ccccc5)o4)C(C)C(c4ccc(CO)cc4)O3)c2)C(OC(C)=O)C(OC(C)=O)C1OC(C)=O. The van der Waals surface area contributed by atoms with E-state index in [1.807, 2.05) is 109 Å². The van der Waals surface area contributed by atoms with E-state index in [1.165, 1.54) is 25.6 Å². The van der Waals surface area contributed by atoms with Crippen LogP contribution >= 0.6 is 24.0 Å². The van der Waals surface area contributed by atoms with Crippen molar-refractivity contribution in [3.8, 4) is 22.6 Å². The number of ether oxygens (including phenoxy) is 7. The summed E-state index contributed by atoms with van der Waals surface area (Å²) in [6, 6.07) is 34.8. The van der Waals surface area contributed by atoms with E-state index in [2.05, 4.69) is 12.2 Å². The minimum Gasteiger partial charge on any atom is -0.463 e. The molecule has 2 aliphatic rings. The maximum Gasteiger partial charge on any atom is 0.303 e. The van der Waals surface area contributed by atoms with Crippen LogP contribution in [0.1, 0.15) is 70.1 Å². The molecule has 2 saturated heterocycles. The number of nitrogens with zero attached hydrogens (tertiary/aromatic N) is 1. The van der Waals surface area contributed by atoms with E-state index in [0.29, 0.717) is 28.0 Å². The van der Waals surface area contributed by atoms with E-state index in [1.54, 1.807) is 0 Å². The minimum absolute atomic E-state index is 0.0590. The van der Waals surface area contributed by atoms with E-state index in [-0.39, 0.29) is 36.6 Å². The van der Waals surface area contributed by atoms with Gasteiger partial charge in [0.15, 0.2) is 30.4 Å². The van der Waals surface area contributed by atoms with Crippen molar-refractivity contribution in [1.82, 2.24) is 4.98 Å². The Labute approximate surface area is 397 Å². The normalized spacial score (nSPS) is 23.6. The second-order valence-electron chi connectivity index (χ2n) is 16.1. The Morgan fingerprint density at radius 3 is 1.96 bits per heavy atom. The number of esters is 4. The number of oxazole rings is 1. The first-order valence-electron chi connectivity index (χ1n) is 21.7. The number of hydrogen-bond donors (Lipinski definition) is 2. The number of aromatic nitrogens is 1. The highest BCUT2D eigenvalue weighted by atomic mass is 32.2. The smallest absolute Gasteiger partial charge is 0.303 e. The minimum atomic E-state index is -1.32. The van der Waals surface area contributed by atoms with E-state index in [0.717, 1.165) is 41.8 Å². The topological polar surface area (TPSA) is 191 Å². The molecule has 0 amide bonds. The second-order valence-corrected chi connectivity index (χ2v) is 17.6. The summed E-state index contributed by atoms with van der Waals surface area (Å²) in [6.45, 7) is 6.35. The van der Waals surface area contributed by atoms with Crippen molar-refractivity contribution >= 4 is 58.5 Å². The van der Waals surface area contributed by atoms with Crippen LogP contribution in [0.4, 0.5) is 5.69 Å². The number of nitrogens with one attached hydrogen (secondary N) is 1. The molecule has 1 aromatic heterocycles. The fraction of sp³-hybridized carbons (Fsp3) is 0.360. The Balaban J connectivity index is 1.12. The summed E-state index contributed by atoms with van der Waals surface area (Å²) in [7, 11) is 0. The van der Waals surface area contributed by atoms with Crippen LogP contribution in [0.15, 0.2) is 119 Å². The van der Waals surface area contributed by atoms with Crippen LogP contribution in [0.25, 0.3) is 22.6 Å². The number of anilines is 1. The summed E-state index contributed by atoms with van der Waals surface area (Å²) in [5, 5.41) is 13.5. The molecular weight excluding hydrogens is 901 g/mol. The number of aliphatic hydroxyl groups excluding tert-OH is 1. The summed E-state index contributed by atoms with van der Waals surface area (Å²) in [5.74, 6) is -1.77. The molecule has 0 bridgehead atoms. The van der Waals surface area contributed by atoms with Gasteiger partial charge in [-0.1, -0.05) is 128 Å².